The largest absolute Gasteiger partial charge is 0.313 e. The van der Waals surface area contributed by atoms with Gasteiger partial charge in [0.05, 0.1) is 0 Å². The van der Waals surface area contributed by atoms with Crippen molar-refractivity contribution in [2.45, 2.75) is 19.0 Å². The van der Waals surface area contributed by atoms with E-state index in [1.165, 1.54) is 17.0 Å². The predicted molar refractivity (Wildman–Crippen MR) is 91.2 cm³/mol. The van der Waals surface area contributed by atoms with Crippen LogP contribution in [0.4, 0.5) is 4.39 Å². The lowest BCUT2D eigenvalue weighted by molar-refractivity contribution is 0.306. The number of rotatable bonds is 7. The fourth-order valence-corrected chi connectivity index (χ4v) is 3.83. The maximum absolute atomic E-state index is 13.0. The average molecular weight is 371 g/mol. The van der Waals surface area contributed by atoms with Crippen molar-refractivity contribution in [3.63, 3.8) is 0 Å². The molecule has 0 amide bonds. The predicted octanol–water partition coefficient (Wildman–Crippen LogP) is 4.43. The molecule has 1 unspecified atom stereocenters. The second-order valence-electron chi connectivity index (χ2n) is 5.15. The van der Waals surface area contributed by atoms with E-state index in [1.807, 2.05) is 19.2 Å². The Morgan fingerprint density at radius 1 is 1.33 bits per heavy atom. The van der Waals surface area contributed by atoms with E-state index >= 15 is 0 Å². The zero-order valence-corrected chi connectivity index (χ0v) is 14.7. The Bertz CT molecular complexity index is 556. The number of nitrogens with one attached hydrogen (secondary N) is 1. The van der Waals surface area contributed by atoms with Crippen LogP contribution in [0, 0.1) is 5.82 Å². The highest BCUT2D eigenvalue weighted by Crippen LogP contribution is 2.22. The summed E-state index contributed by atoms with van der Waals surface area (Å²) >= 11 is 5.25. The Labute approximate surface area is 138 Å². The summed E-state index contributed by atoms with van der Waals surface area (Å²) in [5.41, 5.74) is 1.13. The lowest BCUT2D eigenvalue weighted by atomic mass is 10.0. The van der Waals surface area contributed by atoms with Crippen molar-refractivity contribution in [3.05, 3.63) is 56.4 Å². The van der Waals surface area contributed by atoms with E-state index in [-0.39, 0.29) is 11.9 Å². The van der Waals surface area contributed by atoms with Crippen LogP contribution in [-0.2, 0) is 6.54 Å². The van der Waals surface area contributed by atoms with Crippen molar-refractivity contribution in [1.82, 2.24) is 10.2 Å². The number of hydrogen-bond acceptors (Lipinski definition) is 3. The molecule has 0 spiro atoms. The zero-order valence-electron chi connectivity index (χ0n) is 12.3. The Morgan fingerprint density at radius 2 is 2.05 bits per heavy atom. The Morgan fingerprint density at radius 3 is 2.62 bits per heavy atom. The van der Waals surface area contributed by atoms with Gasteiger partial charge in [0.2, 0.25) is 0 Å². The second kappa shape index (κ2) is 8.03. The molecular formula is C16H20BrFN2S. The van der Waals surface area contributed by atoms with E-state index in [0.717, 1.165) is 29.5 Å². The van der Waals surface area contributed by atoms with Gasteiger partial charge in [0.25, 0.3) is 0 Å². The third kappa shape index (κ3) is 5.18. The highest BCUT2D eigenvalue weighted by Gasteiger charge is 2.11. The van der Waals surface area contributed by atoms with Gasteiger partial charge in [0, 0.05) is 33.9 Å². The van der Waals surface area contributed by atoms with Gasteiger partial charge in [-0.2, -0.15) is 0 Å². The molecule has 0 aliphatic rings. The van der Waals surface area contributed by atoms with E-state index in [2.05, 4.69) is 44.6 Å². The minimum atomic E-state index is -0.186. The van der Waals surface area contributed by atoms with Crippen LogP contribution in [0.3, 0.4) is 0 Å². The fourth-order valence-electron chi connectivity index (χ4n) is 2.30. The summed E-state index contributed by atoms with van der Waals surface area (Å²) < 4.78 is 14.1. The highest BCUT2D eigenvalue weighted by molar-refractivity contribution is 9.10. The monoisotopic (exact) mass is 370 g/mol. The molecule has 5 heteroatoms. The van der Waals surface area contributed by atoms with Crippen molar-refractivity contribution in [1.29, 1.82) is 0 Å². The second-order valence-corrected chi connectivity index (χ2v) is 7.06. The number of hydrogen-bond donors (Lipinski definition) is 1. The van der Waals surface area contributed by atoms with Gasteiger partial charge in [0.15, 0.2) is 0 Å². The zero-order chi connectivity index (χ0) is 15.2. The molecule has 114 valence electrons. The van der Waals surface area contributed by atoms with E-state index in [1.54, 1.807) is 11.3 Å². The summed E-state index contributed by atoms with van der Waals surface area (Å²) in [6, 6.07) is 9.17. The topological polar surface area (TPSA) is 15.3 Å². The number of benzene rings is 1. The first-order valence-electron chi connectivity index (χ1n) is 6.92. The van der Waals surface area contributed by atoms with Crippen molar-refractivity contribution in [2.24, 2.45) is 0 Å². The molecule has 1 aromatic carbocycles. The summed E-state index contributed by atoms with van der Waals surface area (Å²) in [4.78, 5) is 3.67. The number of thiophene rings is 1. The number of halogens is 2. The maximum atomic E-state index is 13.0. The van der Waals surface area contributed by atoms with Crippen molar-refractivity contribution < 1.29 is 4.39 Å². The molecule has 0 fully saturated rings. The lowest BCUT2D eigenvalue weighted by Crippen LogP contribution is -2.25. The van der Waals surface area contributed by atoms with Gasteiger partial charge in [0.1, 0.15) is 5.82 Å². The average Bonchev–Trinajstić information content (AvgIpc) is 2.86. The molecule has 2 nitrogen and oxygen atoms in total. The third-order valence-corrected chi connectivity index (χ3v) is 5.15. The van der Waals surface area contributed by atoms with Crippen LogP contribution in [0.5, 0.6) is 0 Å². The molecular weight excluding hydrogens is 351 g/mol. The van der Waals surface area contributed by atoms with E-state index < -0.39 is 0 Å². The van der Waals surface area contributed by atoms with E-state index in [4.69, 9.17) is 0 Å². The smallest absolute Gasteiger partial charge is 0.123 e. The Balaban J connectivity index is 1.86. The molecule has 1 atom stereocenters. The van der Waals surface area contributed by atoms with Crippen LogP contribution >= 0.6 is 27.3 Å². The Kier molecular flexibility index (Phi) is 6.36. The molecule has 0 bridgehead atoms. The normalized spacial score (nSPS) is 12.8. The van der Waals surface area contributed by atoms with Gasteiger partial charge in [-0.05, 0) is 60.2 Å². The van der Waals surface area contributed by atoms with Gasteiger partial charge in [-0.1, -0.05) is 12.1 Å². The first kappa shape index (κ1) is 16.6. The van der Waals surface area contributed by atoms with Crippen LogP contribution in [-0.4, -0.2) is 25.5 Å². The van der Waals surface area contributed by atoms with Crippen LogP contribution in [0.25, 0.3) is 0 Å². The van der Waals surface area contributed by atoms with Crippen LogP contribution in [0.2, 0.25) is 0 Å². The molecule has 0 saturated carbocycles. The summed E-state index contributed by atoms with van der Waals surface area (Å²) in [6.07, 6.45) is 0.991. The van der Waals surface area contributed by atoms with Crippen molar-refractivity contribution in [3.8, 4) is 0 Å². The van der Waals surface area contributed by atoms with Gasteiger partial charge in [-0.15, -0.1) is 11.3 Å². The van der Waals surface area contributed by atoms with Gasteiger partial charge < -0.3 is 10.2 Å². The van der Waals surface area contributed by atoms with Crippen molar-refractivity contribution in [2.75, 3.05) is 20.6 Å². The fraction of sp³-hybridized carbons (Fsp3) is 0.375. The van der Waals surface area contributed by atoms with Gasteiger partial charge >= 0.3 is 0 Å². The quantitative estimate of drug-likeness (QED) is 0.775. The van der Waals surface area contributed by atoms with Gasteiger partial charge in [-0.3, -0.25) is 0 Å². The first-order valence-corrected chi connectivity index (χ1v) is 8.60. The van der Waals surface area contributed by atoms with Crippen LogP contribution < -0.4 is 5.32 Å². The summed E-state index contributed by atoms with van der Waals surface area (Å²) in [5, 5.41) is 5.42. The highest BCUT2D eigenvalue weighted by atomic mass is 79.9. The SMILES string of the molecule is CNC(CCN(C)Cc1cc(Br)cs1)c1ccc(F)cc1. The molecule has 2 aromatic rings. The molecule has 0 radical (unpaired) electrons. The van der Waals surface area contributed by atoms with Crippen LogP contribution in [0.1, 0.15) is 22.9 Å². The van der Waals surface area contributed by atoms with Gasteiger partial charge in [-0.25, -0.2) is 4.39 Å². The molecule has 0 saturated heterocycles. The molecule has 2 rings (SSSR count). The molecule has 1 N–H and O–H groups in total. The molecule has 0 aliphatic heterocycles. The van der Waals surface area contributed by atoms with Crippen molar-refractivity contribution >= 4 is 27.3 Å². The minimum Gasteiger partial charge on any atom is -0.313 e. The first-order chi connectivity index (χ1) is 10.1. The molecule has 21 heavy (non-hydrogen) atoms. The summed E-state index contributed by atoms with van der Waals surface area (Å²) in [5.74, 6) is -0.186. The minimum absolute atomic E-state index is 0.186. The molecule has 1 heterocycles. The number of nitrogens with zero attached hydrogens (tertiary/aromatic N) is 1. The third-order valence-electron chi connectivity index (χ3n) is 3.47. The summed E-state index contributed by atoms with van der Waals surface area (Å²) in [6.45, 7) is 1.94. The van der Waals surface area contributed by atoms with E-state index in [9.17, 15) is 4.39 Å². The van der Waals surface area contributed by atoms with Crippen LogP contribution in [0.15, 0.2) is 40.2 Å². The summed E-state index contributed by atoms with van der Waals surface area (Å²) in [7, 11) is 4.08. The van der Waals surface area contributed by atoms with E-state index in [0.29, 0.717) is 0 Å². The lowest BCUT2D eigenvalue weighted by Gasteiger charge is -2.21. The Hall–Kier alpha value is -0.750. The molecule has 1 aromatic heterocycles. The maximum Gasteiger partial charge on any atom is 0.123 e. The standard InChI is InChI=1S/C16H20BrFN2S/c1-19-16(12-3-5-14(18)6-4-12)7-8-20(2)10-15-9-13(17)11-21-15/h3-6,9,11,16,19H,7-8,10H2,1-2H3. The molecule has 0 aliphatic carbocycles.